The number of hydrogen-bond acceptors (Lipinski definition) is 4. The molecule has 5 nitrogen and oxygen atoms in total. The Morgan fingerprint density at radius 1 is 1.19 bits per heavy atom. The highest BCUT2D eigenvalue weighted by Gasteiger charge is 2.12. The van der Waals surface area contributed by atoms with Crippen LogP contribution in [0, 0.1) is 0 Å². The summed E-state index contributed by atoms with van der Waals surface area (Å²) in [5.41, 5.74) is 0. The zero-order chi connectivity index (χ0) is 11.9. The van der Waals surface area contributed by atoms with E-state index >= 15 is 0 Å². The average molecular weight is 250 g/mol. The first-order chi connectivity index (χ1) is 7.64. The third-order valence-electron chi connectivity index (χ3n) is 2.77. The van der Waals surface area contributed by atoms with Gasteiger partial charge < -0.3 is 10.0 Å². The van der Waals surface area contributed by atoms with E-state index in [0.717, 1.165) is 19.6 Å². The average Bonchev–Trinajstić information content (AvgIpc) is 2.28. The minimum absolute atomic E-state index is 0.0174. The van der Waals surface area contributed by atoms with Crippen molar-refractivity contribution in [1.29, 1.82) is 0 Å². The maximum atomic E-state index is 11.4. The summed E-state index contributed by atoms with van der Waals surface area (Å²) >= 11 is 0. The van der Waals surface area contributed by atoms with Gasteiger partial charge in [-0.3, -0.25) is 0 Å². The summed E-state index contributed by atoms with van der Waals surface area (Å²) < 4.78 is 25.3. The molecule has 1 saturated heterocycles. The van der Waals surface area contributed by atoms with E-state index in [2.05, 4.69) is 9.62 Å². The molecule has 0 amide bonds. The molecule has 16 heavy (non-hydrogen) atoms. The molecule has 1 fully saturated rings. The molecule has 0 aromatic carbocycles. The highest BCUT2D eigenvalue weighted by atomic mass is 32.2. The zero-order valence-corrected chi connectivity index (χ0v) is 10.5. The van der Waals surface area contributed by atoms with E-state index < -0.39 is 10.0 Å². The lowest BCUT2D eigenvalue weighted by atomic mass is 10.1. The largest absolute Gasteiger partial charge is 0.396 e. The molecule has 1 aliphatic heterocycles. The Morgan fingerprint density at radius 2 is 1.88 bits per heavy atom. The van der Waals surface area contributed by atoms with Crippen molar-refractivity contribution in [2.45, 2.75) is 25.7 Å². The molecule has 0 radical (unpaired) electrons. The van der Waals surface area contributed by atoms with Crippen LogP contribution >= 0.6 is 0 Å². The number of likely N-dealkylation sites (tertiary alicyclic amines) is 1. The van der Waals surface area contributed by atoms with E-state index in [1.54, 1.807) is 0 Å². The molecule has 1 aliphatic rings. The second kappa shape index (κ2) is 7.21. The highest BCUT2D eigenvalue weighted by molar-refractivity contribution is 7.89. The Hall–Kier alpha value is -0.170. The zero-order valence-electron chi connectivity index (χ0n) is 9.69. The summed E-state index contributed by atoms with van der Waals surface area (Å²) in [5, 5.41) is 8.56. The van der Waals surface area contributed by atoms with E-state index in [0.29, 0.717) is 13.0 Å². The molecule has 96 valence electrons. The molecule has 0 unspecified atom stereocenters. The molecular formula is C10H22N2O3S. The van der Waals surface area contributed by atoms with Crippen LogP contribution in [0.1, 0.15) is 25.7 Å². The van der Waals surface area contributed by atoms with Crippen molar-refractivity contribution in [2.75, 3.05) is 38.5 Å². The van der Waals surface area contributed by atoms with Gasteiger partial charge in [-0.1, -0.05) is 6.42 Å². The number of aliphatic hydroxyl groups excluding tert-OH is 1. The van der Waals surface area contributed by atoms with E-state index in [-0.39, 0.29) is 12.4 Å². The first-order valence-corrected chi connectivity index (χ1v) is 7.60. The van der Waals surface area contributed by atoms with Crippen LogP contribution in [-0.2, 0) is 10.0 Å². The molecule has 0 aromatic heterocycles. The second-order valence-electron chi connectivity index (χ2n) is 4.19. The maximum Gasteiger partial charge on any atom is 0.211 e. The number of nitrogens with zero attached hydrogens (tertiary/aromatic N) is 1. The van der Waals surface area contributed by atoms with Crippen LogP contribution in [-0.4, -0.2) is 57.0 Å². The van der Waals surface area contributed by atoms with Gasteiger partial charge in [-0.2, -0.15) is 0 Å². The fraction of sp³-hybridized carbons (Fsp3) is 1.00. The van der Waals surface area contributed by atoms with Crippen molar-refractivity contribution >= 4 is 10.0 Å². The van der Waals surface area contributed by atoms with Crippen LogP contribution in [0.2, 0.25) is 0 Å². The van der Waals surface area contributed by atoms with Crippen LogP contribution < -0.4 is 4.72 Å². The van der Waals surface area contributed by atoms with Crippen molar-refractivity contribution < 1.29 is 13.5 Å². The molecule has 0 aromatic rings. The molecule has 0 atom stereocenters. The van der Waals surface area contributed by atoms with Crippen LogP contribution in [0.5, 0.6) is 0 Å². The molecule has 0 saturated carbocycles. The van der Waals surface area contributed by atoms with Gasteiger partial charge in [0.05, 0.1) is 5.75 Å². The number of sulfonamides is 1. The Labute approximate surface area is 97.9 Å². The van der Waals surface area contributed by atoms with Crippen LogP contribution in [0.15, 0.2) is 0 Å². The van der Waals surface area contributed by atoms with Gasteiger partial charge in [-0.05, 0) is 32.4 Å². The lowest BCUT2D eigenvalue weighted by Gasteiger charge is -2.26. The van der Waals surface area contributed by atoms with Gasteiger partial charge in [0.25, 0.3) is 0 Å². The Balaban J connectivity index is 2.13. The highest BCUT2D eigenvalue weighted by Crippen LogP contribution is 2.07. The number of rotatable bonds is 7. The van der Waals surface area contributed by atoms with E-state index in [4.69, 9.17) is 5.11 Å². The summed E-state index contributed by atoms with van der Waals surface area (Å²) in [6.45, 7) is 3.36. The molecule has 2 N–H and O–H groups in total. The normalized spacial score (nSPS) is 18.8. The molecule has 1 heterocycles. The van der Waals surface area contributed by atoms with Gasteiger partial charge >= 0.3 is 0 Å². The predicted molar refractivity (Wildman–Crippen MR) is 63.8 cm³/mol. The molecular weight excluding hydrogens is 228 g/mol. The number of piperidine rings is 1. The van der Waals surface area contributed by atoms with Crippen molar-refractivity contribution in [2.24, 2.45) is 0 Å². The van der Waals surface area contributed by atoms with Crippen LogP contribution in [0.25, 0.3) is 0 Å². The van der Waals surface area contributed by atoms with E-state index in [1.165, 1.54) is 19.3 Å². The lowest BCUT2D eigenvalue weighted by Crippen LogP contribution is -2.38. The van der Waals surface area contributed by atoms with Crippen molar-refractivity contribution in [3.05, 3.63) is 0 Å². The summed E-state index contributed by atoms with van der Waals surface area (Å²) in [6.07, 6.45) is 4.03. The molecule has 0 bridgehead atoms. The standard InChI is InChI=1S/C10H22N2O3S/c13-9-4-10-16(14,15)11-5-8-12-6-2-1-3-7-12/h11,13H,1-10H2. The van der Waals surface area contributed by atoms with Crippen molar-refractivity contribution in [3.8, 4) is 0 Å². The van der Waals surface area contributed by atoms with E-state index in [9.17, 15) is 8.42 Å². The summed E-state index contributed by atoms with van der Waals surface area (Å²) in [6, 6.07) is 0. The SMILES string of the molecule is O=S(=O)(CCCO)NCCN1CCCCC1. The minimum atomic E-state index is -3.18. The Kier molecular flexibility index (Phi) is 6.26. The molecule has 0 aliphatic carbocycles. The quantitative estimate of drug-likeness (QED) is 0.655. The third-order valence-corrected chi connectivity index (χ3v) is 4.24. The fourth-order valence-electron chi connectivity index (χ4n) is 1.87. The van der Waals surface area contributed by atoms with Gasteiger partial charge in [-0.15, -0.1) is 0 Å². The van der Waals surface area contributed by atoms with Crippen LogP contribution in [0.3, 0.4) is 0 Å². The summed E-state index contributed by atoms with van der Waals surface area (Å²) in [5.74, 6) is 0.0174. The van der Waals surface area contributed by atoms with Crippen LogP contribution in [0.4, 0.5) is 0 Å². The maximum absolute atomic E-state index is 11.4. The van der Waals surface area contributed by atoms with Crippen molar-refractivity contribution in [1.82, 2.24) is 9.62 Å². The van der Waals surface area contributed by atoms with Gasteiger partial charge in [0, 0.05) is 19.7 Å². The number of hydrogen-bond donors (Lipinski definition) is 2. The number of nitrogens with one attached hydrogen (secondary N) is 1. The van der Waals surface area contributed by atoms with E-state index in [1.807, 2.05) is 0 Å². The predicted octanol–water partition coefficient (Wildman–Crippen LogP) is -0.226. The third kappa shape index (κ3) is 5.79. The van der Waals surface area contributed by atoms with Gasteiger partial charge in [0.1, 0.15) is 0 Å². The second-order valence-corrected chi connectivity index (χ2v) is 6.12. The molecule has 1 rings (SSSR count). The van der Waals surface area contributed by atoms with Gasteiger partial charge in [0.2, 0.25) is 10.0 Å². The first kappa shape index (κ1) is 13.9. The first-order valence-electron chi connectivity index (χ1n) is 5.94. The molecule has 0 spiro atoms. The Bertz CT molecular complexity index is 274. The minimum Gasteiger partial charge on any atom is -0.396 e. The topological polar surface area (TPSA) is 69.6 Å². The monoisotopic (exact) mass is 250 g/mol. The molecule has 6 heteroatoms. The fourth-order valence-corrected chi connectivity index (χ4v) is 2.92. The number of aliphatic hydroxyl groups is 1. The summed E-state index contributed by atoms with van der Waals surface area (Å²) in [7, 11) is -3.18. The smallest absolute Gasteiger partial charge is 0.211 e. The lowest BCUT2D eigenvalue weighted by molar-refractivity contribution is 0.232. The van der Waals surface area contributed by atoms with Gasteiger partial charge in [0.15, 0.2) is 0 Å². The summed E-state index contributed by atoms with van der Waals surface area (Å²) in [4.78, 5) is 2.29. The Morgan fingerprint density at radius 3 is 2.50 bits per heavy atom. The van der Waals surface area contributed by atoms with Crippen molar-refractivity contribution in [3.63, 3.8) is 0 Å². The van der Waals surface area contributed by atoms with Gasteiger partial charge in [-0.25, -0.2) is 13.1 Å².